The molecule has 0 aromatic carbocycles. The molecule has 0 aliphatic carbocycles. The first kappa shape index (κ1) is 11.2. The van der Waals surface area contributed by atoms with Crippen molar-refractivity contribution in [2.45, 2.75) is 6.29 Å². The lowest BCUT2D eigenvalue weighted by Crippen LogP contribution is -2.31. The summed E-state index contributed by atoms with van der Waals surface area (Å²) >= 11 is 6.41. The summed E-state index contributed by atoms with van der Waals surface area (Å²) in [6.45, 7) is 0.590. The fourth-order valence-electron chi connectivity index (χ4n) is 0.502. The minimum atomic E-state index is -0.222. The second kappa shape index (κ2) is 6.84. The highest BCUT2D eigenvalue weighted by molar-refractivity contribution is 8.22. The first-order chi connectivity index (χ1) is 5.24. The van der Waals surface area contributed by atoms with Gasteiger partial charge in [-0.2, -0.15) is 0 Å². The molecule has 0 aliphatic heterocycles. The second-order valence-electron chi connectivity index (χ2n) is 1.77. The molecule has 0 aromatic rings. The van der Waals surface area contributed by atoms with Crippen LogP contribution in [0.25, 0.3) is 0 Å². The first-order valence-electron chi connectivity index (χ1n) is 3.12. The van der Waals surface area contributed by atoms with Crippen LogP contribution in [0.3, 0.4) is 0 Å². The normalized spacial score (nSPS) is 10.2. The van der Waals surface area contributed by atoms with Crippen LogP contribution in [-0.4, -0.2) is 37.6 Å². The zero-order valence-electron chi connectivity index (χ0n) is 6.92. The van der Waals surface area contributed by atoms with Gasteiger partial charge in [0.05, 0.1) is 6.54 Å². The van der Waals surface area contributed by atoms with Crippen molar-refractivity contribution >= 4 is 28.3 Å². The quantitative estimate of drug-likeness (QED) is 0.530. The highest BCUT2D eigenvalue weighted by atomic mass is 32.2. The summed E-state index contributed by atoms with van der Waals surface area (Å²) < 4.78 is 10.6. The molecule has 0 spiro atoms. The van der Waals surface area contributed by atoms with Crippen molar-refractivity contribution in [3.05, 3.63) is 0 Å². The van der Waals surface area contributed by atoms with Gasteiger partial charge in [0.25, 0.3) is 0 Å². The number of hydrogen-bond donors (Lipinski definition) is 1. The van der Waals surface area contributed by atoms with E-state index in [1.54, 1.807) is 14.2 Å². The van der Waals surface area contributed by atoms with E-state index in [2.05, 4.69) is 5.32 Å². The highest BCUT2D eigenvalue weighted by Crippen LogP contribution is 1.95. The first-order valence-corrected chi connectivity index (χ1v) is 4.75. The van der Waals surface area contributed by atoms with Crippen LogP contribution in [0.5, 0.6) is 0 Å². The SMILES string of the molecule is COC(CNC(=S)SC)OC. The Hall–Kier alpha value is 0.160. The van der Waals surface area contributed by atoms with E-state index in [9.17, 15) is 0 Å². The van der Waals surface area contributed by atoms with Crippen molar-refractivity contribution in [2.75, 3.05) is 27.0 Å². The third kappa shape index (κ3) is 5.43. The lowest BCUT2D eigenvalue weighted by Gasteiger charge is -2.14. The van der Waals surface area contributed by atoms with Gasteiger partial charge in [0, 0.05) is 14.2 Å². The number of methoxy groups -OCH3 is 2. The molecular weight excluding hydrogens is 182 g/mol. The Morgan fingerprint density at radius 3 is 2.45 bits per heavy atom. The molecule has 0 atom stereocenters. The van der Waals surface area contributed by atoms with Gasteiger partial charge < -0.3 is 14.8 Å². The molecular formula is C6H13NO2S2. The number of hydrogen-bond acceptors (Lipinski definition) is 4. The van der Waals surface area contributed by atoms with Crippen LogP contribution >= 0.6 is 24.0 Å². The maximum Gasteiger partial charge on any atom is 0.173 e. The molecule has 0 aliphatic rings. The maximum atomic E-state index is 4.94. The summed E-state index contributed by atoms with van der Waals surface area (Å²) in [4.78, 5) is 0. The summed E-state index contributed by atoms with van der Waals surface area (Å²) in [6, 6.07) is 0. The standard InChI is InChI=1S/C6H13NO2S2/c1-8-5(9-2)4-7-6(10)11-3/h5H,4H2,1-3H3,(H,7,10). The molecule has 0 heterocycles. The van der Waals surface area contributed by atoms with E-state index < -0.39 is 0 Å². The molecule has 0 bridgehead atoms. The lowest BCUT2D eigenvalue weighted by atomic mass is 10.6. The third-order valence-corrected chi connectivity index (χ3v) is 2.28. The smallest absolute Gasteiger partial charge is 0.173 e. The molecule has 11 heavy (non-hydrogen) atoms. The molecule has 0 saturated carbocycles. The molecule has 0 saturated heterocycles. The van der Waals surface area contributed by atoms with E-state index in [1.165, 1.54) is 11.8 Å². The molecule has 0 aromatic heterocycles. The molecule has 0 radical (unpaired) electrons. The molecule has 5 heteroatoms. The zero-order chi connectivity index (χ0) is 8.69. The second-order valence-corrected chi connectivity index (χ2v) is 3.26. The van der Waals surface area contributed by atoms with Crippen molar-refractivity contribution in [3.8, 4) is 0 Å². The van der Waals surface area contributed by atoms with E-state index in [-0.39, 0.29) is 6.29 Å². The summed E-state index contributed by atoms with van der Waals surface area (Å²) in [6.07, 6.45) is 1.70. The number of nitrogens with one attached hydrogen (secondary N) is 1. The maximum absolute atomic E-state index is 4.94. The van der Waals surface area contributed by atoms with Crippen LogP contribution in [0.1, 0.15) is 0 Å². The minimum absolute atomic E-state index is 0.222. The van der Waals surface area contributed by atoms with Crippen molar-refractivity contribution in [2.24, 2.45) is 0 Å². The average molecular weight is 195 g/mol. The van der Waals surface area contributed by atoms with E-state index in [4.69, 9.17) is 21.7 Å². The molecule has 1 N–H and O–H groups in total. The Morgan fingerprint density at radius 2 is 2.09 bits per heavy atom. The topological polar surface area (TPSA) is 30.5 Å². The zero-order valence-corrected chi connectivity index (χ0v) is 8.55. The fraction of sp³-hybridized carbons (Fsp3) is 0.833. The predicted molar refractivity (Wildman–Crippen MR) is 51.9 cm³/mol. The Bertz CT molecular complexity index is 117. The summed E-state index contributed by atoms with van der Waals surface area (Å²) in [5.74, 6) is 0. The number of ether oxygens (including phenoxy) is 2. The predicted octanol–water partition coefficient (Wildman–Crippen LogP) is 0.843. The number of rotatable bonds is 4. The van der Waals surface area contributed by atoms with Gasteiger partial charge >= 0.3 is 0 Å². The van der Waals surface area contributed by atoms with Gasteiger partial charge in [-0.15, -0.1) is 11.8 Å². The Kier molecular flexibility index (Phi) is 6.94. The highest BCUT2D eigenvalue weighted by Gasteiger charge is 2.03. The van der Waals surface area contributed by atoms with Crippen molar-refractivity contribution in [1.82, 2.24) is 5.32 Å². The van der Waals surface area contributed by atoms with Crippen LogP contribution < -0.4 is 5.32 Å². The van der Waals surface area contributed by atoms with Crippen molar-refractivity contribution < 1.29 is 9.47 Å². The van der Waals surface area contributed by atoms with Crippen LogP contribution in [0, 0.1) is 0 Å². The Balaban J connectivity index is 3.42. The molecule has 0 amide bonds. The Labute approximate surface area is 76.8 Å². The average Bonchev–Trinajstić information content (AvgIpc) is 2.06. The molecule has 3 nitrogen and oxygen atoms in total. The van der Waals surface area contributed by atoms with Crippen LogP contribution in [0.2, 0.25) is 0 Å². The largest absolute Gasteiger partial charge is 0.366 e. The summed E-state index contributed by atoms with van der Waals surface area (Å²) in [5.41, 5.74) is 0. The van der Waals surface area contributed by atoms with E-state index in [0.717, 1.165) is 4.32 Å². The van der Waals surface area contributed by atoms with Gasteiger partial charge in [-0.1, -0.05) is 12.2 Å². The molecule has 0 rings (SSSR count). The summed E-state index contributed by atoms with van der Waals surface area (Å²) in [7, 11) is 3.19. The van der Waals surface area contributed by atoms with E-state index in [0.29, 0.717) is 6.54 Å². The monoisotopic (exact) mass is 195 g/mol. The molecule has 66 valence electrons. The van der Waals surface area contributed by atoms with Gasteiger partial charge in [-0.05, 0) is 6.26 Å². The van der Waals surface area contributed by atoms with Gasteiger partial charge in [0.1, 0.15) is 4.32 Å². The van der Waals surface area contributed by atoms with Gasteiger partial charge in [0.2, 0.25) is 0 Å². The van der Waals surface area contributed by atoms with E-state index in [1.807, 2.05) is 6.26 Å². The lowest BCUT2D eigenvalue weighted by molar-refractivity contribution is -0.0963. The van der Waals surface area contributed by atoms with E-state index >= 15 is 0 Å². The third-order valence-electron chi connectivity index (χ3n) is 1.12. The minimum Gasteiger partial charge on any atom is -0.366 e. The van der Waals surface area contributed by atoms with Gasteiger partial charge in [-0.25, -0.2) is 0 Å². The number of thioether (sulfide) groups is 1. The summed E-state index contributed by atoms with van der Waals surface area (Å²) in [5, 5.41) is 2.98. The van der Waals surface area contributed by atoms with Gasteiger partial charge in [0.15, 0.2) is 6.29 Å². The fourth-order valence-corrected chi connectivity index (χ4v) is 0.813. The Morgan fingerprint density at radius 1 is 1.55 bits per heavy atom. The van der Waals surface area contributed by atoms with Crippen molar-refractivity contribution in [1.29, 1.82) is 0 Å². The van der Waals surface area contributed by atoms with Crippen LogP contribution in [0.15, 0.2) is 0 Å². The molecule has 0 unspecified atom stereocenters. The van der Waals surface area contributed by atoms with Crippen LogP contribution in [-0.2, 0) is 9.47 Å². The van der Waals surface area contributed by atoms with Gasteiger partial charge in [-0.3, -0.25) is 0 Å². The van der Waals surface area contributed by atoms with Crippen LogP contribution in [0.4, 0.5) is 0 Å². The van der Waals surface area contributed by atoms with Crippen molar-refractivity contribution in [3.63, 3.8) is 0 Å². The number of thiocarbonyl (C=S) groups is 1. The molecule has 0 fully saturated rings.